The van der Waals surface area contributed by atoms with Crippen LogP contribution in [0, 0.1) is 22.7 Å². The summed E-state index contributed by atoms with van der Waals surface area (Å²) in [5.41, 5.74) is -2.30. The van der Waals surface area contributed by atoms with Crippen LogP contribution in [0.4, 0.5) is 4.79 Å². The van der Waals surface area contributed by atoms with Crippen molar-refractivity contribution in [1.29, 1.82) is 0 Å². The quantitative estimate of drug-likeness (QED) is 0.374. The number of amides is 5. The van der Waals surface area contributed by atoms with E-state index >= 15 is 0 Å². The van der Waals surface area contributed by atoms with E-state index in [9.17, 15) is 29.4 Å². The summed E-state index contributed by atoms with van der Waals surface area (Å²) < 4.78 is 0. The van der Waals surface area contributed by atoms with Crippen LogP contribution in [0.15, 0.2) is 9.98 Å². The minimum Gasteiger partial charge on any atom is -0.861 e. The van der Waals surface area contributed by atoms with Gasteiger partial charge in [0.1, 0.15) is 5.41 Å². The van der Waals surface area contributed by atoms with Crippen LogP contribution in [0.5, 0.6) is 0 Å². The van der Waals surface area contributed by atoms with Crippen LogP contribution in [0.1, 0.15) is 80.1 Å². The number of nitrogens with one attached hydrogen (secondary N) is 2. The van der Waals surface area contributed by atoms with E-state index in [0.29, 0.717) is 12.8 Å². The predicted molar refractivity (Wildman–Crippen MR) is 121 cm³/mol. The number of hydrogen-bond acceptors (Lipinski definition) is 7. The van der Waals surface area contributed by atoms with E-state index in [2.05, 4.69) is 20.6 Å². The Bertz CT molecular complexity index is 793. The first-order chi connectivity index (χ1) is 15.0. The summed E-state index contributed by atoms with van der Waals surface area (Å²) in [6.07, 6.45) is 4.04. The van der Waals surface area contributed by atoms with E-state index in [1.54, 1.807) is 13.8 Å². The average Bonchev–Trinajstić information content (AvgIpc) is 2.69. The summed E-state index contributed by atoms with van der Waals surface area (Å²) >= 11 is 0. The van der Waals surface area contributed by atoms with E-state index in [1.807, 2.05) is 27.7 Å². The molecule has 2 aliphatic heterocycles. The summed E-state index contributed by atoms with van der Waals surface area (Å²) in [7, 11) is 0. The Labute approximate surface area is 225 Å². The summed E-state index contributed by atoms with van der Waals surface area (Å²) in [6.45, 7) is 11.2. The molecular formula is C22H34CaN4O6. The first-order valence-electron chi connectivity index (χ1n) is 11.2. The van der Waals surface area contributed by atoms with Crippen molar-refractivity contribution in [2.75, 3.05) is 0 Å². The van der Waals surface area contributed by atoms with Gasteiger partial charge in [-0.2, -0.15) is 0 Å². The third-order valence-electron chi connectivity index (χ3n) is 6.66. The van der Waals surface area contributed by atoms with E-state index in [4.69, 9.17) is 0 Å². The van der Waals surface area contributed by atoms with Gasteiger partial charge in [-0.25, -0.2) is 9.79 Å². The van der Waals surface area contributed by atoms with Crippen molar-refractivity contribution < 1.29 is 29.4 Å². The second kappa shape index (κ2) is 13.4. The summed E-state index contributed by atoms with van der Waals surface area (Å²) in [5.74, 6) is -2.39. The van der Waals surface area contributed by atoms with E-state index < -0.39 is 46.5 Å². The van der Waals surface area contributed by atoms with Gasteiger partial charge < -0.3 is 10.2 Å². The molecule has 0 spiro atoms. The summed E-state index contributed by atoms with van der Waals surface area (Å²) in [6, 6.07) is -1.69. The SMILES string of the molecule is CCCC(C)C1(CC)C(=O)N=C([O-])N=C1[O-].CCCC(C)C1(CC)C(=O)NC(=O)NC1=O.[Ca+2]. The van der Waals surface area contributed by atoms with Gasteiger partial charge in [-0.05, 0) is 43.4 Å². The Morgan fingerprint density at radius 3 is 1.58 bits per heavy atom. The molecule has 3 unspecified atom stereocenters. The van der Waals surface area contributed by atoms with Gasteiger partial charge in [0.2, 0.25) is 11.8 Å². The van der Waals surface area contributed by atoms with E-state index in [-0.39, 0.29) is 49.6 Å². The van der Waals surface area contributed by atoms with Crippen molar-refractivity contribution >= 4 is 73.4 Å². The van der Waals surface area contributed by atoms with Crippen molar-refractivity contribution in [1.82, 2.24) is 10.6 Å². The first kappa shape index (κ1) is 31.5. The number of aliphatic imine (C=N–C) groups is 2. The zero-order valence-corrected chi connectivity index (χ0v) is 22.7. The van der Waals surface area contributed by atoms with Crippen LogP contribution < -0.4 is 20.8 Å². The third-order valence-corrected chi connectivity index (χ3v) is 6.66. The van der Waals surface area contributed by atoms with Gasteiger partial charge in [-0.15, -0.1) is 0 Å². The molecule has 1 fully saturated rings. The maximum Gasteiger partial charge on any atom is 2.00 e. The number of urea groups is 1. The average molecular weight is 491 g/mol. The summed E-state index contributed by atoms with van der Waals surface area (Å²) in [5, 5.41) is 27.1. The molecule has 0 aromatic rings. The first-order valence-corrected chi connectivity index (χ1v) is 11.2. The van der Waals surface area contributed by atoms with Crippen molar-refractivity contribution in [3.63, 3.8) is 0 Å². The Morgan fingerprint density at radius 1 is 0.788 bits per heavy atom. The molecule has 0 bridgehead atoms. The number of carbonyl (C=O) groups is 4. The molecule has 2 heterocycles. The molecule has 0 aliphatic carbocycles. The fourth-order valence-electron chi connectivity index (χ4n) is 4.60. The molecule has 3 atom stereocenters. The Kier molecular flexibility index (Phi) is 12.8. The molecule has 180 valence electrons. The summed E-state index contributed by atoms with van der Waals surface area (Å²) in [4.78, 5) is 53.2. The molecule has 2 N–H and O–H groups in total. The van der Waals surface area contributed by atoms with E-state index in [1.165, 1.54) is 0 Å². The largest absolute Gasteiger partial charge is 2.00 e. The molecule has 1 saturated heterocycles. The van der Waals surface area contributed by atoms with Gasteiger partial charge in [0.05, 0.1) is 11.4 Å². The minimum absolute atomic E-state index is 0. The topological polar surface area (TPSA) is 163 Å². The molecule has 2 rings (SSSR count). The van der Waals surface area contributed by atoms with Crippen molar-refractivity contribution in [2.24, 2.45) is 32.7 Å². The van der Waals surface area contributed by atoms with Gasteiger partial charge in [-0.3, -0.25) is 30.0 Å². The maximum atomic E-state index is 11.9. The monoisotopic (exact) mass is 490 g/mol. The molecule has 0 saturated carbocycles. The van der Waals surface area contributed by atoms with Gasteiger partial charge in [0.15, 0.2) is 0 Å². The van der Waals surface area contributed by atoms with Crippen LogP contribution in [0.3, 0.4) is 0 Å². The van der Waals surface area contributed by atoms with Gasteiger partial charge in [0, 0.05) is 0 Å². The molecule has 2 aliphatic rings. The van der Waals surface area contributed by atoms with Crippen molar-refractivity contribution in [3.05, 3.63) is 0 Å². The molecule has 10 nitrogen and oxygen atoms in total. The van der Waals surface area contributed by atoms with Crippen LogP contribution >= 0.6 is 0 Å². The van der Waals surface area contributed by atoms with E-state index in [0.717, 1.165) is 25.7 Å². The van der Waals surface area contributed by atoms with Crippen LogP contribution in [0.25, 0.3) is 0 Å². The molecular weight excluding hydrogens is 456 g/mol. The molecule has 0 radical (unpaired) electrons. The molecule has 33 heavy (non-hydrogen) atoms. The Morgan fingerprint density at radius 2 is 1.21 bits per heavy atom. The van der Waals surface area contributed by atoms with Crippen LogP contribution in [0.2, 0.25) is 0 Å². The smallest absolute Gasteiger partial charge is 0.861 e. The zero-order chi connectivity index (χ0) is 24.7. The molecule has 5 amide bonds. The number of rotatable bonds is 8. The number of barbiturate groups is 1. The number of carbonyl (C=O) groups excluding carboxylic acids is 4. The van der Waals surface area contributed by atoms with Crippen LogP contribution in [-0.4, -0.2) is 73.4 Å². The number of nitrogens with zero attached hydrogens (tertiary/aromatic N) is 2. The maximum absolute atomic E-state index is 11.9. The van der Waals surface area contributed by atoms with Gasteiger partial charge >= 0.3 is 43.8 Å². The molecule has 0 aromatic heterocycles. The molecule has 0 aromatic carbocycles. The molecule has 11 heteroatoms. The number of hydrogen-bond donors (Lipinski definition) is 2. The second-order valence-corrected chi connectivity index (χ2v) is 8.38. The number of imide groups is 2. The fourth-order valence-corrected chi connectivity index (χ4v) is 4.60. The number of amidine groups is 1. The minimum atomic E-state index is -1.20. The predicted octanol–water partition coefficient (Wildman–Crippen LogP) is 0.639. The van der Waals surface area contributed by atoms with Gasteiger partial charge in [-0.1, -0.05) is 54.4 Å². The van der Waals surface area contributed by atoms with Crippen molar-refractivity contribution in [3.8, 4) is 0 Å². The Balaban J connectivity index is 0.000000602. The van der Waals surface area contributed by atoms with Crippen LogP contribution in [-0.2, 0) is 14.4 Å². The zero-order valence-electron chi connectivity index (χ0n) is 20.4. The van der Waals surface area contributed by atoms with Crippen molar-refractivity contribution in [2.45, 2.75) is 80.1 Å². The second-order valence-electron chi connectivity index (χ2n) is 8.38. The fraction of sp³-hybridized carbons (Fsp3) is 0.727. The standard InChI is InChI=1S/2C11H18N2O3.Ca/c2*1-4-6-7(3)11(5-2)8(14)12-10(16)13-9(11)15;/h2*7H,4-6H2,1-3H3,(H2,12,13,14,15,16);/q;;+2/p-2. The van der Waals surface area contributed by atoms with Gasteiger partial charge in [0.25, 0.3) is 5.91 Å². The normalized spacial score (nSPS) is 23.6. The third kappa shape index (κ3) is 6.33. The Hall–Kier alpha value is -1.52.